The Kier molecular flexibility index (Phi) is 9.68. The van der Waals surface area contributed by atoms with E-state index in [1.165, 1.54) is 62.4 Å². The first-order valence-corrected chi connectivity index (χ1v) is 14.0. The van der Waals surface area contributed by atoms with Gasteiger partial charge in [0, 0.05) is 47.1 Å². The number of allylic oxidation sites excluding steroid dienone is 4. The lowest BCUT2D eigenvalue weighted by molar-refractivity contribution is -0.385. The number of methoxy groups -OCH3 is 2. The second-order valence-corrected chi connectivity index (χ2v) is 10.6. The number of nitrogens with zero attached hydrogens (tertiary/aromatic N) is 2. The number of non-ortho nitro benzene ring substituents is 2. The van der Waals surface area contributed by atoms with Crippen LogP contribution in [-0.4, -0.2) is 47.9 Å². The Hall–Kier alpha value is -6.12. The molecule has 2 atom stereocenters. The number of hydrogen-bond donors (Lipinski definition) is 2. The molecule has 0 amide bonds. The summed E-state index contributed by atoms with van der Waals surface area (Å²) in [5, 5.41) is 29.0. The zero-order valence-corrected chi connectivity index (χ0v) is 26.2. The third-order valence-electron chi connectivity index (χ3n) is 7.79. The predicted molar refractivity (Wildman–Crippen MR) is 164 cm³/mol. The number of nitro groups is 2. The van der Waals surface area contributed by atoms with Crippen molar-refractivity contribution < 1.29 is 43.2 Å². The van der Waals surface area contributed by atoms with Crippen molar-refractivity contribution in [3.8, 4) is 0 Å². The molecule has 244 valence electrons. The lowest BCUT2D eigenvalue weighted by atomic mass is 9.79. The van der Waals surface area contributed by atoms with E-state index in [4.69, 9.17) is 14.2 Å². The van der Waals surface area contributed by atoms with Crippen LogP contribution in [0.25, 0.3) is 0 Å². The van der Waals surface area contributed by atoms with Crippen LogP contribution in [0.1, 0.15) is 50.7 Å². The van der Waals surface area contributed by atoms with E-state index >= 15 is 0 Å². The first-order valence-electron chi connectivity index (χ1n) is 14.0. The van der Waals surface area contributed by atoms with E-state index in [9.17, 15) is 39.4 Å². The molecule has 0 bridgehead atoms. The van der Waals surface area contributed by atoms with Gasteiger partial charge in [-0.25, -0.2) is 19.2 Å². The minimum Gasteiger partial charge on any atom is -0.466 e. The highest BCUT2D eigenvalue weighted by Gasteiger charge is 2.42. The number of carbonyl (C=O) groups is 4. The lowest BCUT2D eigenvalue weighted by Gasteiger charge is -2.31. The number of nitrogens with one attached hydrogen (secondary N) is 2. The van der Waals surface area contributed by atoms with E-state index in [-0.39, 0.29) is 56.2 Å². The van der Waals surface area contributed by atoms with Crippen molar-refractivity contribution in [3.63, 3.8) is 0 Å². The molecule has 0 radical (unpaired) electrons. The fourth-order valence-electron chi connectivity index (χ4n) is 5.79. The summed E-state index contributed by atoms with van der Waals surface area (Å²) < 4.78 is 15.4. The topological polar surface area (TPSA) is 206 Å². The molecule has 0 spiro atoms. The van der Waals surface area contributed by atoms with Crippen LogP contribution < -0.4 is 10.6 Å². The average Bonchev–Trinajstić information content (AvgIpc) is 3.03. The van der Waals surface area contributed by atoms with Gasteiger partial charge in [0.1, 0.15) is 0 Å². The summed E-state index contributed by atoms with van der Waals surface area (Å²) in [7, 11) is 2.27. The molecule has 2 aromatic carbocycles. The van der Waals surface area contributed by atoms with Crippen LogP contribution >= 0.6 is 0 Å². The van der Waals surface area contributed by atoms with Gasteiger partial charge in [-0.15, -0.1) is 0 Å². The van der Waals surface area contributed by atoms with Crippen LogP contribution in [0, 0.1) is 20.2 Å². The van der Waals surface area contributed by atoms with E-state index in [2.05, 4.69) is 10.6 Å². The second kappa shape index (κ2) is 13.5. The SMILES string of the molecule is COC(=O)C1=C(C)NC(C)=C(C(=O)OC(=O)C2=C(C)NC(C)=C(C(=O)OC)C2c2cccc([N+](=O)[O-])c2)C1c1cccc([N+](=O)[O-])c1. The Morgan fingerprint density at radius 2 is 0.915 bits per heavy atom. The summed E-state index contributed by atoms with van der Waals surface area (Å²) in [5.74, 6) is -6.56. The minimum atomic E-state index is -1.25. The van der Waals surface area contributed by atoms with Gasteiger partial charge in [-0.05, 0) is 38.8 Å². The van der Waals surface area contributed by atoms with Crippen LogP contribution in [0.5, 0.6) is 0 Å². The van der Waals surface area contributed by atoms with Gasteiger partial charge in [0.2, 0.25) is 0 Å². The number of hydrogen-bond acceptors (Lipinski definition) is 13. The summed E-state index contributed by atoms with van der Waals surface area (Å²) in [6.07, 6.45) is 0. The van der Waals surface area contributed by atoms with Crippen LogP contribution in [0.3, 0.4) is 0 Å². The normalized spacial score (nSPS) is 17.8. The van der Waals surface area contributed by atoms with Gasteiger partial charge in [-0.2, -0.15) is 0 Å². The average molecular weight is 647 g/mol. The molecule has 2 aliphatic heterocycles. The van der Waals surface area contributed by atoms with E-state index in [1.54, 1.807) is 13.8 Å². The zero-order valence-electron chi connectivity index (χ0n) is 26.2. The smallest absolute Gasteiger partial charge is 0.344 e. The third kappa shape index (κ3) is 6.49. The molecule has 0 fully saturated rings. The van der Waals surface area contributed by atoms with Gasteiger partial charge in [0.15, 0.2) is 0 Å². The summed E-state index contributed by atoms with van der Waals surface area (Å²) in [4.78, 5) is 75.8. The Bertz CT molecular complexity index is 1740. The maximum atomic E-state index is 14.0. The maximum Gasteiger partial charge on any atom is 0.344 e. The molecule has 0 aliphatic carbocycles. The molecule has 0 aromatic heterocycles. The van der Waals surface area contributed by atoms with E-state index in [0.29, 0.717) is 11.4 Å². The highest BCUT2D eigenvalue weighted by Crippen LogP contribution is 2.42. The van der Waals surface area contributed by atoms with Crippen LogP contribution in [0.2, 0.25) is 0 Å². The molecule has 0 saturated carbocycles. The number of ether oxygens (including phenoxy) is 3. The molecule has 2 heterocycles. The molecule has 2 unspecified atom stereocenters. The van der Waals surface area contributed by atoms with E-state index < -0.39 is 45.6 Å². The largest absolute Gasteiger partial charge is 0.466 e. The van der Waals surface area contributed by atoms with Gasteiger partial charge in [0.25, 0.3) is 11.4 Å². The van der Waals surface area contributed by atoms with Crippen LogP contribution in [-0.2, 0) is 33.4 Å². The lowest BCUT2D eigenvalue weighted by Crippen LogP contribution is -2.35. The van der Waals surface area contributed by atoms with Crippen LogP contribution in [0.4, 0.5) is 11.4 Å². The summed E-state index contributed by atoms with van der Waals surface area (Å²) >= 11 is 0. The van der Waals surface area contributed by atoms with Gasteiger partial charge in [-0.1, -0.05) is 24.3 Å². The second-order valence-electron chi connectivity index (χ2n) is 10.6. The van der Waals surface area contributed by atoms with Crippen LogP contribution in [0.15, 0.2) is 93.6 Å². The molecule has 15 nitrogen and oxygen atoms in total. The molecule has 0 saturated heterocycles. The Morgan fingerprint density at radius 1 is 0.596 bits per heavy atom. The van der Waals surface area contributed by atoms with Gasteiger partial charge in [0.05, 0.1) is 58.2 Å². The quantitative estimate of drug-likeness (QED) is 0.136. The maximum absolute atomic E-state index is 14.0. The highest BCUT2D eigenvalue weighted by molar-refractivity contribution is 6.08. The molecule has 4 rings (SSSR count). The molecule has 2 N–H and O–H groups in total. The van der Waals surface area contributed by atoms with Gasteiger partial charge in [-0.3, -0.25) is 20.2 Å². The van der Waals surface area contributed by atoms with Crippen molar-refractivity contribution in [2.24, 2.45) is 0 Å². The fraction of sp³-hybridized carbons (Fsp3) is 0.250. The van der Waals surface area contributed by atoms with Crippen molar-refractivity contribution in [2.45, 2.75) is 39.5 Å². The minimum absolute atomic E-state index is 0.0475. The fourth-order valence-corrected chi connectivity index (χ4v) is 5.79. The number of rotatable bonds is 8. The summed E-state index contributed by atoms with van der Waals surface area (Å²) in [5.41, 5.74) is 0.211. The van der Waals surface area contributed by atoms with E-state index in [1.807, 2.05) is 0 Å². The first-order chi connectivity index (χ1) is 22.2. The molecule has 47 heavy (non-hydrogen) atoms. The number of dihydropyridines is 2. The first kappa shape index (κ1) is 33.8. The zero-order chi connectivity index (χ0) is 34.7. The Labute approximate surface area is 267 Å². The molecule has 15 heteroatoms. The molecule has 2 aliphatic rings. The van der Waals surface area contributed by atoms with E-state index in [0.717, 1.165) is 14.2 Å². The highest BCUT2D eigenvalue weighted by atomic mass is 16.6. The Balaban J connectivity index is 1.83. The number of nitro benzene ring substituents is 2. The van der Waals surface area contributed by atoms with Gasteiger partial charge < -0.3 is 24.8 Å². The van der Waals surface area contributed by atoms with Crippen molar-refractivity contribution in [1.29, 1.82) is 0 Å². The van der Waals surface area contributed by atoms with Gasteiger partial charge >= 0.3 is 23.9 Å². The monoisotopic (exact) mass is 646 g/mol. The Morgan fingerprint density at radius 3 is 1.21 bits per heavy atom. The number of benzene rings is 2. The van der Waals surface area contributed by atoms with Crippen molar-refractivity contribution >= 4 is 35.3 Å². The standard InChI is InChI=1S/C32H30N4O11/c1-15-23(29(37)45-5)27(19-9-7-11-21(13-19)35(41)42)25(17(3)33-15)31(39)47-32(40)26-18(4)34-16(2)24(30(38)46-6)28(26)20-10-8-12-22(14-20)36(43)44/h7-14,27-28,33-34H,1-6H3. The summed E-state index contributed by atoms with van der Waals surface area (Å²) in [6.45, 7) is 6.12. The van der Waals surface area contributed by atoms with Crippen molar-refractivity contribution in [3.05, 3.63) is 125 Å². The predicted octanol–water partition coefficient (Wildman–Crippen LogP) is 4.09. The number of esters is 4. The third-order valence-corrected chi connectivity index (χ3v) is 7.79. The summed E-state index contributed by atoms with van der Waals surface area (Å²) in [6, 6.07) is 10.6. The van der Waals surface area contributed by atoms with Crippen molar-refractivity contribution in [1.82, 2.24) is 10.6 Å². The van der Waals surface area contributed by atoms with Crippen molar-refractivity contribution in [2.75, 3.05) is 14.2 Å². The molecular formula is C32H30N4O11. The molecular weight excluding hydrogens is 616 g/mol. The molecule has 2 aromatic rings. The number of carbonyl (C=O) groups excluding carboxylic acids is 4.